The zero-order valence-corrected chi connectivity index (χ0v) is 9.54. The normalized spacial score (nSPS) is 12.5. The lowest BCUT2D eigenvalue weighted by Crippen LogP contribution is -2.22. The molecule has 0 fully saturated rings. The van der Waals surface area contributed by atoms with Gasteiger partial charge in [-0.25, -0.2) is 0 Å². The van der Waals surface area contributed by atoms with Crippen molar-refractivity contribution in [3.63, 3.8) is 0 Å². The summed E-state index contributed by atoms with van der Waals surface area (Å²) in [6.45, 7) is 3.49. The number of ether oxygens (including phenoxy) is 2. The third-order valence-electron chi connectivity index (χ3n) is 1.88. The molecule has 0 radical (unpaired) electrons. The number of hydrogen-bond donors (Lipinski definition) is 1. The van der Waals surface area contributed by atoms with Gasteiger partial charge in [0.2, 0.25) is 0 Å². The number of rotatable bonds is 6. The van der Waals surface area contributed by atoms with Gasteiger partial charge < -0.3 is 15.2 Å². The Hall–Kier alpha value is -0.770. The molecule has 0 saturated heterocycles. The van der Waals surface area contributed by atoms with Gasteiger partial charge in [0.05, 0.1) is 12.7 Å². The molecular weight excluding hydrogens is 214 g/mol. The van der Waals surface area contributed by atoms with Crippen molar-refractivity contribution < 1.29 is 9.47 Å². The first-order chi connectivity index (χ1) is 7.22. The fourth-order valence-corrected chi connectivity index (χ4v) is 1.21. The van der Waals surface area contributed by atoms with Gasteiger partial charge in [0.25, 0.3) is 0 Å². The number of halogens is 1. The predicted molar refractivity (Wildman–Crippen MR) is 61.4 cm³/mol. The minimum Gasteiger partial charge on any atom is -0.491 e. The predicted octanol–water partition coefficient (Wildman–Crippen LogP) is 2.08. The molecule has 1 rings (SSSR count). The Balaban J connectivity index is 2.20. The second-order valence-electron chi connectivity index (χ2n) is 3.22. The SMILES string of the molecule is CC(CN)OCCOc1cccc(Cl)c1. The summed E-state index contributed by atoms with van der Waals surface area (Å²) in [4.78, 5) is 0. The van der Waals surface area contributed by atoms with Crippen molar-refractivity contribution in [2.24, 2.45) is 5.73 Å². The molecule has 0 aliphatic heterocycles. The summed E-state index contributed by atoms with van der Waals surface area (Å²) in [5.41, 5.74) is 5.40. The summed E-state index contributed by atoms with van der Waals surface area (Å²) in [7, 11) is 0. The van der Waals surface area contributed by atoms with Crippen molar-refractivity contribution in [1.29, 1.82) is 0 Å². The van der Waals surface area contributed by atoms with E-state index in [1.807, 2.05) is 19.1 Å². The highest BCUT2D eigenvalue weighted by molar-refractivity contribution is 6.30. The Bertz CT molecular complexity index is 294. The average molecular weight is 230 g/mol. The molecule has 0 aromatic heterocycles. The first-order valence-corrected chi connectivity index (χ1v) is 5.30. The summed E-state index contributed by atoms with van der Waals surface area (Å²) in [6.07, 6.45) is 0.0768. The zero-order valence-electron chi connectivity index (χ0n) is 8.78. The maximum Gasteiger partial charge on any atom is 0.120 e. The van der Waals surface area contributed by atoms with Crippen molar-refractivity contribution >= 4 is 11.6 Å². The van der Waals surface area contributed by atoms with Crippen LogP contribution in [0.15, 0.2) is 24.3 Å². The molecule has 0 aliphatic carbocycles. The van der Waals surface area contributed by atoms with Gasteiger partial charge in [0.1, 0.15) is 12.4 Å². The zero-order chi connectivity index (χ0) is 11.1. The third-order valence-corrected chi connectivity index (χ3v) is 2.12. The van der Waals surface area contributed by atoms with Crippen LogP contribution in [-0.2, 0) is 4.74 Å². The molecule has 84 valence electrons. The van der Waals surface area contributed by atoms with Crippen molar-refractivity contribution in [1.82, 2.24) is 0 Å². The van der Waals surface area contributed by atoms with Crippen LogP contribution in [0.2, 0.25) is 5.02 Å². The molecule has 15 heavy (non-hydrogen) atoms. The Morgan fingerprint density at radius 2 is 2.20 bits per heavy atom. The van der Waals surface area contributed by atoms with Gasteiger partial charge in [-0.05, 0) is 25.1 Å². The quantitative estimate of drug-likeness (QED) is 0.760. The van der Waals surface area contributed by atoms with Gasteiger partial charge in [0, 0.05) is 11.6 Å². The fourth-order valence-electron chi connectivity index (χ4n) is 1.03. The largest absolute Gasteiger partial charge is 0.491 e. The first kappa shape index (κ1) is 12.3. The standard InChI is InChI=1S/C11H16ClNO2/c1-9(8-13)14-5-6-15-11-4-2-3-10(12)7-11/h2-4,7,9H,5-6,8,13H2,1H3. The van der Waals surface area contributed by atoms with Crippen LogP contribution in [0.25, 0.3) is 0 Å². The van der Waals surface area contributed by atoms with E-state index in [0.717, 1.165) is 5.75 Å². The van der Waals surface area contributed by atoms with Crippen LogP contribution in [0.3, 0.4) is 0 Å². The molecule has 0 saturated carbocycles. The Kier molecular flexibility index (Phi) is 5.47. The molecule has 1 aromatic rings. The van der Waals surface area contributed by atoms with E-state index in [4.69, 9.17) is 26.8 Å². The van der Waals surface area contributed by atoms with Gasteiger partial charge in [-0.3, -0.25) is 0 Å². The second-order valence-corrected chi connectivity index (χ2v) is 3.66. The second kappa shape index (κ2) is 6.67. The van der Waals surface area contributed by atoms with Gasteiger partial charge in [-0.1, -0.05) is 17.7 Å². The lowest BCUT2D eigenvalue weighted by Gasteiger charge is -2.11. The highest BCUT2D eigenvalue weighted by Crippen LogP contribution is 2.16. The molecule has 0 spiro atoms. The summed E-state index contributed by atoms with van der Waals surface area (Å²) >= 11 is 5.80. The maximum atomic E-state index is 5.80. The minimum atomic E-state index is 0.0768. The lowest BCUT2D eigenvalue weighted by atomic mass is 10.3. The topological polar surface area (TPSA) is 44.5 Å². The average Bonchev–Trinajstić information content (AvgIpc) is 2.24. The Morgan fingerprint density at radius 3 is 2.87 bits per heavy atom. The molecule has 0 bridgehead atoms. The molecular formula is C11H16ClNO2. The molecule has 2 N–H and O–H groups in total. The molecule has 0 amide bonds. The van der Waals surface area contributed by atoms with Crippen LogP contribution < -0.4 is 10.5 Å². The van der Waals surface area contributed by atoms with E-state index in [0.29, 0.717) is 24.8 Å². The molecule has 1 atom stereocenters. The van der Waals surface area contributed by atoms with Gasteiger partial charge in [-0.15, -0.1) is 0 Å². The van der Waals surface area contributed by atoms with Gasteiger partial charge >= 0.3 is 0 Å². The smallest absolute Gasteiger partial charge is 0.120 e. The third kappa shape index (κ3) is 5.02. The van der Waals surface area contributed by atoms with Crippen LogP contribution in [0.5, 0.6) is 5.75 Å². The fraction of sp³-hybridized carbons (Fsp3) is 0.455. The van der Waals surface area contributed by atoms with Gasteiger partial charge in [0.15, 0.2) is 0 Å². The van der Waals surface area contributed by atoms with Crippen LogP contribution in [0.1, 0.15) is 6.92 Å². The molecule has 0 aliphatic rings. The molecule has 1 unspecified atom stereocenters. The van der Waals surface area contributed by atoms with Crippen molar-refractivity contribution in [2.45, 2.75) is 13.0 Å². The summed E-state index contributed by atoms with van der Waals surface area (Å²) in [6, 6.07) is 7.29. The highest BCUT2D eigenvalue weighted by Gasteiger charge is 1.98. The van der Waals surface area contributed by atoms with Crippen molar-refractivity contribution in [3.05, 3.63) is 29.3 Å². The van der Waals surface area contributed by atoms with Crippen LogP contribution in [0, 0.1) is 0 Å². The lowest BCUT2D eigenvalue weighted by molar-refractivity contribution is 0.0496. The van der Waals surface area contributed by atoms with Crippen LogP contribution >= 0.6 is 11.6 Å². The number of benzene rings is 1. The minimum absolute atomic E-state index is 0.0768. The molecule has 3 nitrogen and oxygen atoms in total. The molecule has 1 aromatic carbocycles. The molecule has 4 heteroatoms. The van der Waals surface area contributed by atoms with Crippen molar-refractivity contribution in [3.8, 4) is 5.75 Å². The summed E-state index contributed by atoms with van der Waals surface area (Å²) in [5.74, 6) is 0.756. The van der Waals surface area contributed by atoms with E-state index in [2.05, 4.69) is 0 Å². The van der Waals surface area contributed by atoms with E-state index < -0.39 is 0 Å². The van der Waals surface area contributed by atoms with E-state index in [1.54, 1.807) is 12.1 Å². The molecule has 0 heterocycles. The number of hydrogen-bond acceptors (Lipinski definition) is 3. The Morgan fingerprint density at radius 1 is 1.40 bits per heavy atom. The van der Waals surface area contributed by atoms with Crippen molar-refractivity contribution in [2.75, 3.05) is 19.8 Å². The first-order valence-electron chi connectivity index (χ1n) is 4.92. The summed E-state index contributed by atoms with van der Waals surface area (Å²) < 4.78 is 10.8. The van der Waals surface area contributed by atoms with E-state index >= 15 is 0 Å². The summed E-state index contributed by atoms with van der Waals surface area (Å²) in [5, 5.41) is 0.670. The van der Waals surface area contributed by atoms with Crippen LogP contribution in [-0.4, -0.2) is 25.9 Å². The van der Waals surface area contributed by atoms with E-state index in [1.165, 1.54) is 0 Å². The van der Waals surface area contributed by atoms with E-state index in [9.17, 15) is 0 Å². The van der Waals surface area contributed by atoms with Crippen LogP contribution in [0.4, 0.5) is 0 Å². The maximum absolute atomic E-state index is 5.80. The monoisotopic (exact) mass is 229 g/mol. The number of nitrogens with two attached hydrogens (primary N) is 1. The van der Waals surface area contributed by atoms with Gasteiger partial charge in [-0.2, -0.15) is 0 Å². The van der Waals surface area contributed by atoms with E-state index in [-0.39, 0.29) is 6.10 Å². The highest BCUT2D eigenvalue weighted by atomic mass is 35.5. The Labute approximate surface area is 95.1 Å².